The summed E-state index contributed by atoms with van der Waals surface area (Å²) in [7, 11) is 0. The summed E-state index contributed by atoms with van der Waals surface area (Å²) >= 11 is 0. The summed E-state index contributed by atoms with van der Waals surface area (Å²) in [6.45, 7) is 0.112. The lowest BCUT2D eigenvalue weighted by atomic mass is 10.1. The summed E-state index contributed by atoms with van der Waals surface area (Å²) in [4.78, 5) is 38.0. The predicted molar refractivity (Wildman–Crippen MR) is 118 cm³/mol. The van der Waals surface area contributed by atoms with Crippen LogP contribution >= 0.6 is 0 Å². The zero-order valence-electron chi connectivity index (χ0n) is 17.5. The van der Waals surface area contributed by atoms with Gasteiger partial charge in [-0.25, -0.2) is 4.68 Å². The fourth-order valence-electron chi connectivity index (χ4n) is 3.35. The highest BCUT2D eigenvalue weighted by atomic mass is 19.4. The Morgan fingerprint density at radius 1 is 0.824 bits per heavy atom. The number of nitrogens with one attached hydrogen (secondary N) is 2. The topological polar surface area (TPSA) is 93.1 Å². The van der Waals surface area contributed by atoms with Gasteiger partial charge in [-0.2, -0.15) is 18.3 Å². The summed E-state index contributed by atoms with van der Waals surface area (Å²) in [5.41, 5.74) is 3.23. The van der Waals surface area contributed by atoms with E-state index in [1.54, 1.807) is 48.5 Å². The van der Waals surface area contributed by atoms with E-state index in [1.165, 1.54) is 6.07 Å². The van der Waals surface area contributed by atoms with Crippen LogP contribution < -0.4 is 16.4 Å². The minimum Gasteiger partial charge on any atom is -0.267 e. The summed E-state index contributed by atoms with van der Waals surface area (Å²) < 4.78 is 39.9. The second-order valence-corrected chi connectivity index (χ2v) is 7.33. The van der Waals surface area contributed by atoms with Gasteiger partial charge < -0.3 is 0 Å². The Morgan fingerprint density at radius 2 is 1.47 bits per heavy atom. The lowest BCUT2D eigenvalue weighted by Crippen LogP contribution is -2.43. The van der Waals surface area contributed by atoms with Gasteiger partial charge in [-0.1, -0.05) is 54.6 Å². The van der Waals surface area contributed by atoms with Gasteiger partial charge in [-0.05, 0) is 29.8 Å². The van der Waals surface area contributed by atoms with E-state index in [0.29, 0.717) is 6.07 Å². The molecular formula is C24H17F3N4O3. The number of carbonyl (C=O) groups excluding carboxylic acids is 2. The summed E-state index contributed by atoms with van der Waals surface area (Å²) in [6.07, 6.45) is -4.62. The molecule has 0 atom stereocenters. The second kappa shape index (κ2) is 9.18. The SMILES string of the molecule is O=C(NNC(=O)c1nn(Cc2ccccc2)c(=O)c2ccccc12)c1cccc(C(F)(F)F)c1. The number of halogens is 3. The first-order chi connectivity index (χ1) is 16.2. The minimum absolute atomic E-state index is 0.112. The lowest BCUT2D eigenvalue weighted by molar-refractivity contribution is -0.137. The normalized spacial score (nSPS) is 11.3. The van der Waals surface area contributed by atoms with Gasteiger partial charge in [0.25, 0.3) is 17.4 Å². The number of amides is 2. The van der Waals surface area contributed by atoms with E-state index < -0.39 is 29.1 Å². The van der Waals surface area contributed by atoms with Gasteiger partial charge in [-0.3, -0.25) is 25.2 Å². The molecule has 3 aromatic carbocycles. The van der Waals surface area contributed by atoms with Gasteiger partial charge in [0.05, 0.1) is 17.5 Å². The lowest BCUT2D eigenvalue weighted by Gasteiger charge is -2.12. The molecule has 0 saturated carbocycles. The number of hydrazine groups is 1. The molecule has 0 aliphatic carbocycles. The first-order valence-corrected chi connectivity index (χ1v) is 10.1. The van der Waals surface area contributed by atoms with Crippen LogP contribution in [0.5, 0.6) is 0 Å². The number of hydrogen-bond acceptors (Lipinski definition) is 4. The maximum Gasteiger partial charge on any atom is 0.416 e. The van der Waals surface area contributed by atoms with Crippen molar-refractivity contribution in [3.8, 4) is 0 Å². The molecule has 0 aliphatic heterocycles. The van der Waals surface area contributed by atoms with E-state index in [0.717, 1.165) is 22.4 Å². The first-order valence-electron chi connectivity index (χ1n) is 10.1. The van der Waals surface area contributed by atoms with Crippen molar-refractivity contribution in [3.05, 3.63) is 112 Å². The van der Waals surface area contributed by atoms with Crippen molar-refractivity contribution in [3.63, 3.8) is 0 Å². The standard InChI is InChI=1S/C24H17F3N4O3/c25-24(26,27)17-10-6-9-16(13-17)21(32)28-29-22(33)20-18-11-4-5-12-19(18)23(34)31(30-20)14-15-7-2-1-3-8-15/h1-13H,14H2,(H,28,32)(H,29,33). The van der Waals surface area contributed by atoms with Crippen LogP contribution in [0.15, 0.2) is 83.7 Å². The average Bonchev–Trinajstić information content (AvgIpc) is 2.84. The Balaban J connectivity index is 1.60. The second-order valence-electron chi connectivity index (χ2n) is 7.33. The van der Waals surface area contributed by atoms with Crippen LogP contribution in [0.2, 0.25) is 0 Å². The zero-order chi connectivity index (χ0) is 24.3. The molecule has 2 amide bonds. The molecule has 0 unspecified atom stereocenters. The number of fused-ring (bicyclic) bond motifs is 1. The van der Waals surface area contributed by atoms with E-state index in [9.17, 15) is 27.6 Å². The third kappa shape index (κ3) is 4.80. The molecule has 0 aliphatic rings. The van der Waals surface area contributed by atoms with Gasteiger partial charge in [0.2, 0.25) is 0 Å². The van der Waals surface area contributed by atoms with Gasteiger partial charge >= 0.3 is 6.18 Å². The molecule has 0 saturated heterocycles. The molecule has 172 valence electrons. The summed E-state index contributed by atoms with van der Waals surface area (Å²) in [5, 5.41) is 4.70. The number of nitrogens with zero attached hydrogens (tertiary/aromatic N) is 2. The monoisotopic (exact) mass is 466 g/mol. The molecule has 1 aromatic heterocycles. The van der Waals surface area contributed by atoms with Crippen LogP contribution in [-0.2, 0) is 12.7 Å². The number of alkyl halides is 3. The molecule has 7 nitrogen and oxygen atoms in total. The fourth-order valence-corrected chi connectivity index (χ4v) is 3.35. The number of rotatable bonds is 4. The molecule has 34 heavy (non-hydrogen) atoms. The highest BCUT2D eigenvalue weighted by Crippen LogP contribution is 2.29. The summed E-state index contributed by atoms with van der Waals surface area (Å²) in [5.74, 6) is -1.78. The van der Waals surface area contributed by atoms with Crippen LogP contribution in [0.1, 0.15) is 32.0 Å². The molecule has 0 spiro atoms. The largest absolute Gasteiger partial charge is 0.416 e. The van der Waals surface area contributed by atoms with Crippen molar-refractivity contribution < 1.29 is 22.8 Å². The van der Waals surface area contributed by atoms with Crippen molar-refractivity contribution in [2.24, 2.45) is 0 Å². The van der Waals surface area contributed by atoms with Gasteiger partial charge in [0.1, 0.15) is 0 Å². The molecule has 0 fully saturated rings. The molecule has 10 heteroatoms. The molecule has 0 radical (unpaired) electrons. The molecule has 4 aromatic rings. The molecular weight excluding hydrogens is 449 g/mol. The molecule has 0 bridgehead atoms. The van der Waals surface area contributed by atoms with Crippen molar-refractivity contribution >= 4 is 22.6 Å². The number of carbonyl (C=O) groups is 2. The fraction of sp³-hybridized carbons (Fsp3) is 0.0833. The van der Waals surface area contributed by atoms with Crippen LogP contribution in [-0.4, -0.2) is 21.6 Å². The van der Waals surface area contributed by atoms with E-state index >= 15 is 0 Å². The average molecular weight is 466 g/mol. The van der Waals surface area contributed by atoms with Crippen LogP contribution in [0.3, 0.4) is 0 Å². The summed E-state index contributed by atoms with van der Waals surface area (Å²) in [6, 6.07) is 19.2. The zero-order valence-corrected chi connectivity index (χ0v) is 17.5. The molecule has 2 N–H and O–H groups in total. The van der Waals surface area contributed by atoms with E-state index in [2.05, 4.69) is 16.0 Å². The highest BCUT2D eigenvalue weighted by Gasteiger charge is 2.31. The number of aromatic nitrogens is 2. The smallest absolute Gasteiger partial charge is 0.267 e. The predicted octanol–water partition coefficient (Wildman–Crippen LogP) is 3.54. The molecule has 4 rings (SSSR count). The van der Waals surface area contributed by atoms with Gasteiger partial charge in [0, 0.05) is 10.9 Å². The minimum atomic E-state index is -4.62. The van der Waals surface area contributed by atoms with Crippen molar-refractivity contribution in [1.29, 1.82) is 0 Å². The number of benzene rings is 3. The van der Waals surface area contributed by atoms with Gasteiger partial charge in [0.15, 0.2) is 5.69 Å². The van der Waals surface area contributed by atoms with Crippen LogP contribution in [0, 0.1) is 0 Å². The third-order valence-electron chi connectivity index (χ3n) is 5.00. The Hall–Kier alpha value is -4.47. The van der Waals surface area contributed by atoms with E-state index in [1.807, 2.05) is 6.07 Å². The maximum absolute atomic E-state index is 12.9. The van der Waals surface area contributed by atoms with Crippen molar-refractivity contribution in [1.82, 2.24) is 20.6 Å². The Morgan fingerprint density at radius 3 is 2.18 bits per heavy atom. The quantitative estimate of drug-likeness (QED) is 0.450. The van der Waals surface area contributed by atoms with Crippen LogP contribution in [0.4, 0.5) is 13.2 Å². The van der Waals surface area contributed by atoms with Gasteiger partial charge in [-0.15, -0.1) is 0 Å². The van der Waals surface area contributed by atoms with Crippen LogP contribution in [0.25, 0.3) is 10.8 Å². The first kappa shape index (κ1) is 22.7. The van der Waals surface area contributed by atoms with E-state index in [-0.39, 0.29) is 28.6 Å². The van der Waals surface area contributed by atoms with Crippen molar-refractivity contribution in [2.45, 2.75) is 12.7 Å². The highest BCUT2D eigenvalue weighted by molar-refractivity contribution is 6.06. The Kier molecular flexibility index (Phi) is 6.13. The molecule has 1 heterocycles. The third-order valence-corrected chi connectivity index (χ3v) is 5.00. The number of hydrogen-bond donors (Lipinski definition) is 2. The van der Waals surface area contributed by atoms with E-state index in [4.69, 9.17) is 0 Å². The maximum atomic E-state index is 12.9. The Bertz CT molecular complexity index is 1430. The van der Waals surface area contributed by atoms with Crippen molar-refractivity contribution in [2.75, 3.05) is 0 Å². The Labute approximate surface area is 190 Å².